The average Bonchev–Trinajstić information content (AvgIpc) is 3.29. The van der Waals surface area contributed by atoms with Gasteiger partial charge in [0.1, 0.15) is 17.3 Å². The van der Waals surface area contributed by atoms with E-state index in [0.717, 1.165) is 29.8 Å². The molecule has 0 saturated heterocycles. The molecule has 0 radical (unpaired) electrons. The molecule has 2 atom stereocenters. The topological polar surface area (TPSA) is 99.2 Å². The molecule has 3 N–H and O–H groups in total. The Hall–Kier alpha value is -2.10. The first-order chi connectivity index (χ1) is 15.9. The fraction of sp³-hybridized carbons (Fsp3) is 0.375. The largest absolute Gasteiger partial charge is 0.492 e. The fourth-order valence-corrected chi connectivity index (χ4v) is 5.43. The lowest BCUT2D eigenvalue weighted by atomic mass is 9.76. The number of hydrogen-bond acceptors (Lipinski definition) is 5. The number of benzene rings is 2. The van der Waals surface area contributed by atoms with Gasteiger partial charge in [0.05, 0.1) is 6.20 Å². The molecule has 1 heterocycles. The van der Waals surface area contributed by atoms with E-state index in [9.17, 15) is 8.42 Å². The van der Waals surface area contributed by atoms with Crippen molar-refractivity contribution in [2.45, 2.75) is 49.6 Å². The summed E-state index contributed by atoms with van der Waals surface area (Å²) in [5.41, 5.74) is 10.1. The van der Waals surface area contributed by atoms with Crippen molar-refractivity contribution in [1.29, 1.82) is 0 Å². The van der Waals surface area contributed by atoms with E-state index in [0.29, 0.717) is 12.3 Å². The molecule has 1 aliphatic rings. The van der Waals surface area contributed by atoms with Gasteiger partial charge in [-0.3, -0.25) is 4.68 Å². The van der Waals surface area contributed by atoms with Gasteiger partial charge in [-0.05, 0) is 67.1 Å². The maximum absolute atomic E-state index is 12.4. The number of sulfonamides is 1. The first kappa shape index (κ1) is 26.5. The maximum atomic E-state index is 12.4. The molecule has 0 saturated carbocycles. The van der Waals surface area contributed by atoms with Crippen LogP contribution in [0.25, 0.3) is 0 Å². The fourth-order valence-electron chi connectivity index (χ4n) is 4.25. The van der Waals surface area contributed by atoms with Crippen molar-refractivity contribution in [3.05, 3.63) is 76.6 Å². The maximum Gasteiger partial charge on any atom is 0.243 e. The summed E-state index contributed by atoms with van der Waals surface area (Å²) in [5.74, 6) is 0.876. The van der Waals surface area contributed by atoms with Gasteiger partial charge in [0.2, 0.25) is 10.0 Å². The number of ether oxygens (including phenoxy) is 1. The zero-order chi connectivity index (χ0) is 23.4. The highest BCUT2D eigenvalue weighted by Gasteiger charge is 2.27. The molecule has 2 aromatic carbocycles. The van der Waals surface area contributed by atoms with Crippen LogP contribution in [0.3, 0.4) is 0 Å². The molecule has 1 aromatic heterocycles. The summed E-state index contributed by atoms with van der Waals surface area (Å²) in [6.45, 7) is 2.88. The van der Waals surface area contributed by atoms with E-state index in [1.54, 1.807) is 4.68 Å². The van der Waals surface area contributed by atoms with Gasteiger partial charge < -0.3 is 10.5 Å². The lowest BCUT2D eigenvalue weighted by molar-refractivity contribution is 0.321. The Morgan fingerprint density at radius 2 is 2.09 bits per heavy atom. The van der Waals surface area contributed by atoms with Crippen LogP contribution in [0.2, 0.25) is 5.02 Å². The number of nitrogens with two attached hydrogens (primary N) is 1. The van der Waals surface area contributed by atoms with E-state index in [1.165, 1.54) is 23.5 Å². The lowest BCUT2D eigenvalue weighted by Crippen LogP contribution is -2.34. The molecule has 0 bridgehead atoms. The summed E-state index contributed by atoms with van der Waals surface area (Å²) >= 11 is 6.17. The number of aryl methyl sites for hydroxylation is 2. The number of aromatic nitrogens is 2. The van der Waals surface area contributed by atoms with Crippen LogP contribution in [0, 0.1) is 0 Å². The summed E-state index contributed by atoms with van der Waals surface area (Å²) in [5, 5.41) is 4.74. The molecule has 2 unspecified atom stereocenters. The lowest BCUT2D eigenvalue weighted by Gasteiger charge is -2.32. The van der Waals surface area contributed by atoms with E-state index in [1.807, 2.05) is 37.3 Å². The Bertz CT molecular complexity index is 1220. The molecular weight excluding hydrogens is 495 g/mol. The Labute approximate surface area is 212 Å². The number of nitrogens with one attached hydrogen (secondary N) is 1. The van der Waals surface area contributed by atoms with Gasteiger partial charge in [0, 0.05) is 36.3 Å². The second-order valence-corrected chi connectivity index (χ2v) is 10.5. The predicted octanol–water partition coefficient (Wildman–Crippen LogP) is 3.94. The average molecular weight is 526 g/mol. The first-order valence-corrected chi connectivity index (χ1v) is 13.0. The van der Waals surface area contributed by atoms with Crippen molar-refractivity contribution < 1.29 is 13.2 Å². The van der Waals surface area contributed by atoms with Crippen molar-refractivity contribution in [3.63, 3.8) is 0 Å². The minimum atomic E-state index is -3.61. The second-order valence-electron chi connectivity index (χ2n) is 8.28. The zero-order valence-corrected chi connectivity index (χ0v) is 21.4. The Morgan fingerprint density at radius 3 is 2.82 bits per heavy atom. The molecule has 0 fully saturated rings. The molecule has 1 aliphatic carbocycles. The van der Waals surface area contributed by atoms with Crippen LogP contribution in [0.1, 0.15) is 36.0 Å². The highest BCUT2D eigenvalue weighted by atomic mass is 35.5. The minimum Gasteiger partial charge on any atom is -0.492 e. The monoisotopic (exact) mass is 524 g/mol. The third-order valence-electron chi connectivity index (χ3n) is 6.03. The second kappa shape index (κ2) is 11.6. The van der Waals surface area contributed by atoms with Gasteiger partial charge in [-0.25, -0.2) is 13.1 Å². The molecule has 34 heavy (non-hydrogen) atoms. The standard InChI is InChI=1S/C24H29ClN4O3S.ClH/c1-2-29-16-21(15-27-29)33(30,31)28-10-11-32-20-8-6-18-7-9-24(26)23(22(18)14-20)13-17-4-3-5-19(25)12-17;/h3-6,8,12,14-16,23-24,28H,2,7,9-11,13,26H2,1H3;1H. The molecule has 7 nitrogen and oxygen atoms in total. The van der Waals surface area contributed by atoms with Crippen molar-refractivity contribution in [2.75, 3.05) is 13.2 Å². The van der Waals surface area contributed by atoms with Crippen LogP contribution in [0.4, 0.5) is 0 Å². The van der Waals surface area contributed by atoms with Crippen molar-refractivity contribution in [2.24, 2.45) is 5.73 Å². The van der Waals surface area contributed by atoms with Crippen LogP contribution in [0.5, 0.6) is 5.75 Å². The Kier molecular flexibility index (Phi) is 9.01. The minimum absolute atomic E-state index is 0. The number of hydrogen-bond donors (Lipinski definition) is 2. The summed E-state index contributed by atoms with van der Waals surface area (Å²) in [4.78, 5) is 0.149. The van der Waals surface area contributed by atoms with Crippen LogP contribution in [0.15, 0.2) is 59.8 Å². The van der Waals surface area contributed by atoms with Crippen LogP contribution >= 0.6 is 24.0 Å². The normalized spacial score (nSPS) is 17.6. The molecule has 0 aliphatic heterocycles. The summed E-state index contributed by atoms with van der Waals surface area (Å²) < 4.78 is 34.8. The number of nitrogens with zero attached hydrogens (tertiary/aromatic N) is 2. The third-order valence-corrected chi connectivity index (χ3v) is 7.68. The third kappa shape index (κ3) is 6.31. The van der Waals surface area contributed by atoms with E-state index in [-0.39, 0.29) is 42.4 Å². The van der Waals surface area contributed by atoms with Gasteiger partial charge in [-0.15, -0.1) is 12.4 Å². The highest BCUT2D eigenvalue weighted by Crippen LogP contribution is 2.36. The van der Waals surface area contributed by atoms with Crippen molar-refractivity contribution >= 4 is 34.0 Å². The smallest absolute Gasteiger partial charge is 0.243 e. The summed E-state index contributed by atoms with van der Waals surface area (Å²) in [7, 11) is -3.61. The summed E-state index contributed by atoms with van der Waals surface area (Å²) in [6.07, 6.45) is 5.54. The van der Waals surface area contributed by atoms with Gasteiger partial charge in [0.15, 0.2) is 0 Å². The molecule has 10 heteroatoms. The molecule has 0 spiro atoms. The van der Waals surface area contributed by atoms with Gasteiger partial charge >= 0.3 is 0 Å². The van der Waals surface area contributed by atoms with Gasteiger partial charge in [-0.2, -0.15) is 5.10 Å². The van der Waals surface area contributed by atoms with Crippen molar-refractivity contribution in [3.8, 4) is 5.75 Å². The van der Waals surface area contributed by atoms with E-state index in [2.05, 4.69) is 22.0 Å². The SMILES string of the molecule is CCn1cc(S(=O)(=O)NCCOc2ccc3c(c2)C(Cc2cccc(Cl)c2)C(N)CC3)cn1.Cl. The Morgan fingerprint density at radius 1 is 1.26 bits per heavy atom. The van der Waals surface area contributed by atoms with Gasteiger partial charge in [0.25, 0.3) is 0 Å². The van der Waals surface area contributed by atoms with Crippen molar-refractivity contribution in [1.82, 2.24) is 14.5 Å². The quantitative estimate of drug-likeness (QED) is 0.413. The number of halogens is 2. The molecule has 4 rings (SSSR count). The summed E-state index contributed by atoms with van der Waals surface area (Å²) in [6, 6.07) is 14.0. The number of rotatable bonds is 9. The number of fused-ring (bicyclic) bond motifs is 1. The highest BCUT2D eigenvalue weighted by molar-refractivity contribution is 7.89. The van der Waals surface area contributed by atoms with Gasteiger partial charge in [-0.1, -0.05) is 29.8 Å². The zero-order valence-electron chi connectivity index (χ0n) is 19.0. The van der Waals surface area contributed by atoms with E-state index >= 15 is 0 Å². The van der Waals surface area contributed by atoms with Crippen LogP contribution < -0.4 is 15.2 Å². The van der Waals surface area contributed by atoms with E-state index < -0.39 is 10.0 Å². The predicted molar refractivity (Wildman–Crippen MR) is 136 cm³/mol. The molecule has 0 amide bonds. The molecule has 184 valence electrons. The molecular formula is C24H30Cl2N4O3S. The van der Waals surface area contributed by atoms with E-state index in [4.69, 9.17) is 22.1 Å². The Balaban J connectivity index is 0.00000324. The first-order valence-electron chi connectivity index (χ1n) is 11.1. The molecule has 3 aromatic rings. The van der Waals surface area contributed by atoms with Crippen LogP contribution in [-0.2, 0) is 29.4 Å². The van der Waals surface area contributed by atoms with Crippen LogP contribution in [-0.4, -0.2) is 37.4 Å².